The predicted molar refractivity (Wildman–Crippen MR) is 150 cm³/mol. The van der Waals surface area contributed by atoms with E-state index in [-0.39, 0.29) is 19.0 Å². The molecule has 1 aromatic heterocycles. The van der Waals surface area contributed by atoms with Crippen molar-refractivity contribution in [3.63, 3.8) is 0 Å². The number of benzene rings is 2. The number of nitrogens with one attached hydrogen (secondary N) is 2. The second-order valence-electron chi connectivity index (χ2n) is 8.97. The Morgan fingerprint density at radius 2 is 1.80 bits per heavy atom. The number of aryl methyl sites for hydroxylation is 1. The minimum atomic E-state index is -0.985. The fraction of sp³-hybridized carbons (Fsp3) is 0.310. The average Bonchev–Trinajstić information content (AvgIpc) is 3.12. The summed E-state index contributed by atoms with van der Waals surface area (Å²) in [5.41, 5.74) is 4.81. The summed E-state index contributed by atoms with van der Waals surface area (Å²) >= 11 is 1.31. The van der Waals surface area contributed by atoms with Gasteiger partial charge in [-0.05, 0) is 79.6 Å². The van der Waals surface area contributed by atoms with E-state index < -0.39 is 17.8 Å². The Bertz CT molecular complexity index is 1400. The van der Waals surface area contributed by atoms with Crippen molar-refractivity contribution in [1.82, 2.24) is 5.43 Å². The van der Waals surface area contributed by atoms with Gasteiger partial charge in [0.1, 0.15) is 17.4 Å². The molecule has 210 valence electrons. The molecule has 0 unspecified atom stereocenters. The van der Waals surface area contributed by atoms with E-state index in [0.717, 1.165) is 48.1 Å². The number of carbonyl (C=O) groups excluding carboxylic acids is 3. The maximum atomic E-state index is 13.1. The van der Waals surface area contributed by atoms with Crippen LogP contribution in [0.2, 0.25) is 0 Å². The summed E-state index contributed by atoms with van der Waals surface area (Å²) in [6.07, 6.45) is 5.93. The largest absolute Gasteiger partial charge is 0.493 e. The SMILES string of the molecule is CCOC(=O)c1c(NC(=O)C(=O)NN=Cc2ccc(OCc3ccc(F)cc3)c(OC)c2)sc2c1CCCCC2. The van der Waals surface area contributed by atoms with Crippen LogP contribution in [-0.2, 0) is 33.8 Å². The summed E-state index contributed by atoms with van der Waals surface area (Å²) < 4.78 is 29.5. The molecule has 9 nitrogen and oxygen atoms in total. The zero-order chi connectivity index (χ0) is 28.5. The maximum absolute atomic E-state index is 13.1. The highest BCUT2D eigenvalue weighted by Gasteiger charge is 2.27. The monoisotopic (exact) mass is 567 g/mol. The Hall–Kier alpha value is -4.25. The zero-order valence-corrected chi connectivity index (χ0v) is 23.1. The number of rotatable bonds is 9. The average molecular weight is 568 g/mol. The number of methoxy groups -OCH3 is 1. The lowest BCUT2D eigenvalue weighted by Gasteiger charge is -2.11. The Labute approximate surface area is 235 Å². The first-order valence-electron chi connectivity index (χ1n) is 12.9. The van der Waals surface area contributed by atoms with Gasteiger partial charge in [0.2, 0.25) is 0 Å². The fourth-order valence-electron chi connectivity index (χ4n) is 4.25. The molecule has 0 saturated carbocycles. The minimum Gasteiger partial charge on any atom is -0.493 e. The number of amides is 2. The number of esters is 1. The maximum Gasteiger partial charge on any atom is 0.341 e. The first kappa shape index (κ1) is 28.8. The molecule has 1 heterocycles. The van der Waals surface area contributed by atoms with Gasteiger partial charge in [0.15, 0.2) is 11.5 Å². The lowest BCUT2D eigenvalue weighted by molar-refractivity contribution is -0.136. The molecule has 2 aromatic carbocycles. The number of anilines is 1. The zero-order valence-electron chi connectivity index (χ0n) is 22.3. The van der Waals surface area contributed by atoms with Crippen LogP contribution in [-0.4, -0.2) is 37.7 Å². The number of thiophene rings is 1. The number of carbonyl (C=O) groups is 3. The molecule has 11 heteroatoms. The molecule has 40 heavy (non-hydrogen) atoms. The van der Waals surface area contributed by atoms with E-state index in [1.54, 1.807) is 37.3 Å². The third-order valence-corrected chi connectivity index (χ3v) is 7.42. The number of fused-ring (bicyclic) bond motifs is 1. The molecular formula is C29H30FN3O6S. The topological polar surface area (TPSA) is 115 Å². The second-order valence-corrected chi connectivity index (χ2v) is 10.1. The van der Waals surface area contributed by atoms with Gasteiger partial charge in [0, 0.05) is 4.88 Å². The molecule has 2 N–H and O–H groups in total. The van der Waals surface area contributed by atoms with Crippen LogP contribution in [0.1, 0.15) is 58.1 Å². The van der Waals surface area contributed by atoms with Crippen LogP contribution in [0.15, 0.2) is 47.6 Å². The van der Waals surface area contributed by atoms with Crippen molar-refractivity contribution < 1.29 is 33.0 Å². The lowest BCUT2D eigenvalue weighted by atomic mass is 10.1. The van der Waals surface area contributed by atoms with E-state index >= 15 is 0 Å². The fourth-order valence-corrected chi connectivity index (χ4v) is 5.52. The van der Waals surface area contributed by atoms with Gasteiger partial charge in [0.05, 0.1) is 25.5 Å². The quantitative estimate of drug-likeness (QED) is 0.124. The summed E-state index contributed by atoms with van der Waals surface area (Å²) in [6, 6.07) is 11.0. The van der Waals surface area contributed by atoms with Gasteiger partial charge in [-0.15, -0.1) is 11.3 Å². The van der Waals surface area contributed by atoms with Gasteiger partial charge in [-0.1, -0.05) is 18.6 Å². The van der Waals surface area contributed by atoms with E-state index in [2.05, 4.69) is 15.8 Å². The molecular weight excluding hydrogens is 537 g/mol. The number of hydrazone groups is 1. The smallest absolute Gasteiger partial charge is 0.341 e. The lowest BCUT2D eigenvalue weighted by Crippen LogP contribution is -2.32. The number of hydrogen-bond donors (Lipinski definition) is 2. The van der Waals surface area contributed by atoms with Crippen molar-refractivity contribution in [1.29, 1.82) is 0 Å². The highest BCUT2D eigenvalue weighted by atomic mass is 32.1. The van der Waals surface area contributed by atoms with Crippen LogP contribution in [0.4, 0.5) is 9.39 Å². The summed E-state index contributed by atoms with van der Waals surface area (Å²) in [4.78, 5) is 38.8. The van der Waals surface area contributed by atoms with E-state index in [4.69, 9.17) is 14.2 Å². The summed E-state index contributed by atoms with van der Waals surface area (Å²) in [5, 5.41) is 6.75. The van der Waals surface area contributed by atoms with Gasteiger partial charge in [-0.3, -0.25) is 9.59 Å². The minimum absolute atomic E-state index is 0.207. The molecule has 0 radical (unpaired) electrons. The summed E-state index contributed by atoms with van der Waals surface area (Å²) in [5.74, 6) is -1.86. The predicted octanol–water partition coefficient (Wildman–Crippen LogP) is 5.01. The van der Waals surface area contributed by atoms with Gasteiger partial charge in [-0.2, -0.15) is 5.10 Å². The molecule has 0 bridgehead atoms. The molecule has 0 spiro atoms. The van der Waals surface area contributed by atoms with Gasteiger partial charge in [-0.25, -0.2) is 14.6 Å². The molecule has 3 aromatic rings. The Morgan fingerprint density at radius 1 is 1.02 bits per heavy atom. The van der Waals surface area contributed by atoms with Crippen molar-refractivity contribution in [3.8, 4) is 11.5 Å². The standard InChI is InChI=1S/C29H30FN3O6S/c1-3-38-29(36)25-21-7-5-4-6-8-24(21)40-28(25)32-26(34)27(35)33-31-16-19-11-14-22(23(15-19)37-2)39-17-18-9-12-20(30)13-10-18/h9-16H,3-8,17H2,1-2H3,(H,32,34)(H,33,35). The molecule has 0 atom stereocenters. The van der Waals surface area contributed by atoms with Gasteiger partial charge < -0.3 is 19.5 Å². The van der Waals surface area contributed by atoms with Crippen LogP contribution < -0.4 is 20.2 Å². The molecule has 2 amide bonds. The van der Waals surface area contributed by atoms with Gasteiger partial charge >= 0.3 is 17.8 Å². The Morgan fingerprint density at radius 3 is 2.55 bits per heavy atom. The third kappa shape index (κ3) is 7.23. The van der Waals surface area contributed by atoms with Crippen LogP contribution >= 0.6 is 11.3 Å². The first-order chi connectivity index (χ1) is 19.4. The van der Waals surface area contributed by atoms with Crippen LogP contribution in [0.3, 0.4) is 0 Å². The third-order valence-electron chi connectivity index (χ3n) is 6.21. The number of hydrogen-bond acceptors (Lipinski definition) is 8. The highest BCUT2D eigenvalue weighted by molar-refractivity contribution is 7.17. The van der Waals surface area contributed by atoms with Crippen LogP contribution in [0.5, 0.6) is 11.5 Å². The highest BCUT2D eigenvalue weighted by Crippen LogP contribution is 2.38. The molecule has 4 rings (SSSR count). The summed E-state index contributed by atoms with van der Waals surface area (Å²) in [6.45, 7) is 2.15. The van der Waals surface area contributed by atoms with Crippen molar-refractivity contribution >= 4 is 40.3 Å². The van der Waals surface area contributed by atoms with E-state index in [0.29, 0.717) is 27.6 Å². The first-order valence-corrected chi connectivity index (χ1v) is 13.7. The number of nitrogens with zero attached hydrogens (tertiary/aromatic N) is 1. The van der Waals surface area contributed by atoms with Crippen molar-refractivity contribution in [2.24, 2.45) is 5.10 Å². The molecule has 1 aliphatic rings. The van der Waals surface area contributed by atoms with Crippen LogP contribution in [0, 0.1) is 5.82 Å². The molecule has 0 fully saturated rings. The van der Waals surface area contributed by atoms with E-state index in [1.807, 2.05) is 0 Å². The molecule has 1 aliphatic carbocycles. The van der Waals surface area contributed by atoms with Crippen LogP contribution in [0.25, 0.3) is 0 Å². The van der Waals surface area contributed by atoms with E-state index in [1.165, 1.54) is 36.8 Å². The van der Waals surface area contributed by atoms with Crippen molar-refractivity contribution in [2.45, 2.75) is 45.6 Å². The second kappa shape index (κ2) is 13.7. The molecule has 0 saturated heterocycles. The Kier molecular flexibility index (Phi) is 9.85. The Balaban J connectivity index is 1.38. The van der Waals surface area contributed by atoms with Crippen molar-refractivity contribution in [2.75, 3.05) is 19.0 Å². The van der Waals surface area contributed by atoms with Crippen molar-refractivity contribution in [3.05, 3.63) is 75.4 Å². The number of halogens is 1. The number of ether oxygens (including phenoxy) is 3. The van der Waals surface area contributed by atoms with Gasteiger partial charge in [0.25, 0.3) is 0 Å². The van der Waals surface area contributed by atoms with E-state index in [9.17, 15) is 18.8 Å². The summed E-state index contributed by atoms with van der Waals surface area (Å²) in [7, 11) is 1.49. The molecule has 0 aliphatic heterocycles. The normalized spacial score (nSPS) is 12.8.